The van der Waals surface area contributed by atoms with Crippen molar-refractivity contribution in [3.63, 3.8) is 0 Å². The van der Waals surface area contributed by atoms with Crippen LogP contribution in [0.3, 0.4) is 0 Å². The predicted octanol–water partition coefficient (Wildman–Crippen LogP) is 10.6. The minimum Gasteiger partial charge on any atom is -0.458 e. The number of halogens is 2. The Bertz CT molecular complexity index is 1060. The molecule has 0 radical (unpaired) electrons. The third-order valence-electron chi connectivity index (χ3n) is 11.7. The van der Waals surface area contributed by atoms with Gasteiger partial charge >= 0.3 is 5.97 Å². The number of carbonyl (C=O) groups is 1. The van der Waals surface area contributed by atoms with Crippen molar-refractivity contribution in [1.82, 2.24) is 0 Å². The average molecular weight is 560 g/mol. The van der Waals surface area contributed by atoms with Crippen LogP contribution >= 0.6 is 23.2 Å². The van der Waals surface area contributed by atoms with Crippen molar-refractivity contribution < 1.29 is 9.53 Å². The van der Waals surface area contributed by atoms with Crippen molar-refractivity contribution in [3.05, 3.63) is 45.5 Å². The molecule has 5 rings (SSSR count). The predicted molar refractivity (Wildman–Crippen MR) is 159 cm³/mol. The van der Waals surface area contributed by atoms with Crippen molar-refractivity contribution in [2.24, 2.45) is 46.3 Å². The van der Waals surface area contributed by atoms with Gasteiger partial charge in [-0.25, -0.2) is 4.79 Å². The van der Waals surface area contributed by atoms with E-state index in [4.69, 9.17) is 27.9 Å². The van der Waals surface area contributed by atoms with Crippen LogP contribution in [0.5, 0.6) is 0 Å². The molecule has 0 unspecified atom stereocenters. The van der Waals surface area contributed by atoms with Crippen LogP contribution in [0.25, 0.3) is 0 Å². The standard InChI is InChI=1S/C34H48Cl2O2/c1-21(2)7-6-8-22(3)28-13-14-29-26-11-9-23-19-25(38-32(37)27-12-10-24(35)20-31(27)36)15-17-33(23,4)30(26)16-18-34(28,29)5/h9-10,12,20-22,25-26,28-30H,6-8,11,13-19H2,1-5H3/t22-,25-,26+,28+,29-,30+,33-,34+/m0/s1. The molecule has 4 aliphatic carbocycles. The number of carbonyl (C=O) groups excluding carboxylic acids is 1. The molecule has 0 heterocycles. The van der Waals surface area contributed by atoms with Gasteiger partial charge < -0.3 is 4.74 Å². The van der Waals surface area contributed by atoms with Gasteiger partial charge in [0.25, 0.3) is 0 Å². The highest BCUT2D eigenvalue weighted by Crippen LogP contribution is 2.67. The summed E-state index contributed by atoms with van der Waals surface area (Å²) in [6, 6.07) is 4.98. The molecule has 0 spiro atoms. The quantitative estimate of drug-likeness (QED) is 0.245. The van der Waals surface area contributed by atoms with Gasteiger partial charge in [0.2, 0.25) is 0 Å². The number of esters is 1. The smallest absolute Gasteiger partial charge is 0.339 e. The zero-order chi connectivity index (χ0) is 27.2. The fourth-order valence-electron chi connectivity index (χ4n) is 9.62. The van der Waals surface area contributed by atoms with E-state index in [1.54, 1.807) is 23.8 Å². The Morgan fingerprint density at radius 1 is 1.03 bits per heavy atom. The Kier molecular flexibility index (Phi) is 8.35. The summed E-state index contributed by atoms with van der Waals surface area (Å²) in [5, 5.41) is 0.886. The van der Waals surface area contributed by atoms with Crippen LogP contribution in [0.1, 0.15) is 116 Å². The Morgan fingerprint density at radius 3 is 2.55 bits per heavy atom. The molecule has 4 heteroatoms. The zero-order valence-electron chi connectivity index (χ0n) is 24.2. The molecule has 0 bridgehead atoms. The number of allylic oxidation sites excluding steroid dienone is 1. The largest absolute Gasteiger partial charge is 0.458 e. The van der Waals surface area contributed by atoms with Gasteiger partial charge in [-0.15, -0.1) is 0 Å². The number of ether oxygens (including phenoxy) is 1. The minimum atomic E-state index is -0.331. The third-order valence-corrected chi connectivity index (χ3v) is 12.2. The SMILES string of the molecule is CC(C)CCC[C@H](C)[C@H]1CC[C@H]2[C@H]3CC=C4C[C@@H](OC(=O)c5ccc(Cl)cc5Cl)CC[C@]4(C)[C@@H]3CC[C@]12C. The maximum Gasteiger partial charge on any atom is 0.339 e. The minimum absolute atomic E-state index is 0.0680. The van der Waals surface area contributed by atoms with Gasteiger partial charge in [0, 0.05) is 11.4 Å². The molecule has 4 aliphatic rings. The molecule has 0 saturated heterocycles. The molecule has 0 aliphatic heterocycles. The molecule has 0 amide bonds. The van der Waals surface area contributed by atoms with E-state index in [2.05, 4.69) is 40.7 Å². The van der Waals surface area contributed by atoms with Gasteiger partial charge in [0.1, 0.15) is 6.10 Å². The highest BCUT2D eigenvalue weighted by Gasteiger charge is 2.59. The van der Waals surface area contributed by atoms with Gasteiger partial charge in [-0.1, -0.05) is 88.7 Å². The Hall–Kier alpha value is -0.990. The van der Waals surface area contributed by atoms with Crippen molar-refractivity contribution >= 4 is 29.2 Å². The topological polar surface area (TPSA) is 26.3 Å². The molecule has 1 aromatic carbocycles. The molecular weight excluding hydrogens is 511 g/mol. The second-order valence-corrected chi connectivity index (χ2v) is 15.0. The summed E-state index contributed by atoms with van der Waals surface area (Å²) in [5.41, 5.74) is 2.73. The molecule has 210 valence electrons. The maximum absolute atomic E-state index is 12.9. The van der Waals surface area contributed by atoms with Crippen LogP contribution in [0.2, 0.25) is 10.0 Å². The lowest BCUT2D eigenvalue weighted by atomic mass is 9.47. The van der Waals surface area contributed by atoms with Gasteiger partial charge in [0.15, 0.2) is 0 Å². The van der Waals surface area contributed by atoms with Crippen LogP contribution < -0.4 is 0 Å². The molecule has 38 heavy (non-hydrogen) atoms. The van der Waals surface area contributed by atoms with E-state index in [1.165, 1.54) is 51.4 Å². The van der Waals surface area contributed by atoms with Gasteiger partial charge in [-0.05, 0) is 109 Å². The Balaban J connectivity index is 1.25. The fraction of sp³-hybridized carbons (Fsp3) is 0.735. The first-order valence-corrected chi connectivity index (χ1v) is 16.1. The summed E-state index contributed by atoms with van der Waals surface area (Å²) in [6.45, 7) is 12.5. The summed E-state index contributed by atoms with van der Waals surface area (Å²) in [7, 11) is 0. The van der Waals surface area contributed by atoms with Gasteiger partial charge in [0.05, 0.1) is 10.6 Å². The number of benzene rings is 1. The summed E-state index contributed by atoms with van der Waals surface area (Å²) >= 11 is 12.3. The number of fused-ring (bicyclic) bond motifs is 5. The first-order chi connectivity index (χ1) is 18.0. The molecule has 2 nitrogen and oxygen atoms in total. The molecule has 1 aromatic rings. The van der Waals surface area contributed by atoms with Gasteiger partial charge in [-0.2, -0.15) is 0 Å². The zero-order valence-corrected chi connectivity index (χ0v) is 25.7. The van der Waals surface area contributed by atoms with Crippen LogP contribution in [0, 0.1) is 46.3 Å². The lowest BCUT2D eigenvalue weighted by Crippen LogP contribution is -2.51. The first-order valence-electron chi connectivity index (χ1n) is 15.4. The van der Waals surface area contributed by atoms with Gasteiger partial charge in [-0.3, -0.25) is 0 Å². The molecular formula is C34H48Cl2O2. The van der Waals surface area contributed by atoms with Crippen molar-refractivity contribution in [3.8, 4) is 0 Å². The average Bonchev–Trinajstić information content (AvgIpc) is 3.21. The molecule has 3 fully saturated rings. The number of hydrogen-bond donors (Lipinski definition) is 0. The van der Waals surface area contributed by atoms with Crippen LogP contribution in [0.4, 0.5) is 0 Å². The highest BCUT2D eigenvalue weighted by atomic mass is 35.5. The Morgan fingerprint density at radius 2 is 1.82 bits per heavy atom. The van der Waals surface area contributed by atoms with E-state index in [0.29, 0.717) is 21.0 Å². The second kappa shape index (κ2) is 11.1. The van der Waals surface area contributed by atoms with Crippen molar-refractivity contribution in [2.75, 3.05) is 0 Å². The van der Waals surface area contributed by atoms with E-state index >= 15 is 0 Å². The van der Waals surface area contributed by atoms with Crippen molar-refractivity contribution in [1.29, 1.82) is 0 Å². The fourth-order valence-corrected chi connectivity index (χ4v) is 10.1. The van der Waals surface area contributed by atoms with Crippen molar-refractivity contribution in [2.45, 2.75) is 111 Å². The summed E-state index contributed by atoms with van der Waals surface area (Å²) in [4.78, 5) is 12.9. The second-order valence-electron chi connectivity index (χ2n) is 14.2. The number of rotatable bonds is 7. The first kappa shape index (κ1) is 28.5. The molecule has 0 N–H and O–H groups in total. The molecule has 8 atom stereocenters. The van der Waals surface area contributed by atoms with E-state index in [-0.39, 0.29) is 17.5 Å². The van der Waals surface area contributed by atoms with E-state index in [9.17, 15) is 4.79 Å². The lowest BCUT2D eigenvalue weighted by molar-refractivity contribution is -0.0594. The summed E-state index contributed by atoms with van der Waals surface area (Å²) in [5.74, 6) is 4.71. The van der Waals surface area contributed by atoms with Crippen LogP contribution in [-0.2, 0) is 4.74 Å². The molecule has 0 aromatic heterocycles. The number of hydrogen-bond acceptors (Lipinski definition) is 2. The lowest BCUT2D eigenvalue weighted by Gasteiger charge is -2.58. The monoisotopic (exact) mass is 558 g/mol. The third kappa shape index (κ3) is 5.23. The summed E-state index contributed by atoms with van der Waals surface area (Å²) < 4.78 is 5.99. The van der Waals surface area contributed by atoms with Crippen LogP contribution in [-0.4, -0.2) is 12.1 Å². The highest BCUT2D eigenvalue weighted by molar-refractivity contribution is 6.36. The normalized spacial score (nSPS) is 37.2. The summed E-state index contributed by atoms with van der Waals surface area (Å²) in [6.07, 6.45) is 16.4. The van der Waals surface area contributed by atoms with E-state index in [0.717, 1.165) is 54.8 Å². The molecule has 3 saturated carbocycles. The van der Waals surface area contributed by atoms with Crippen LogP contribution in [0.15, 0.2) is 29.8 Å². The van der Waals surface area contributed by atoms with E-state index in [1.807, 2.05) is 0 Å². The Labute approximate surface area is 241 Å². The maximum atomic E-state index is 12.9. The van der Waals surface area contributed by atoms with E-state index < -0.39 is 0 Å².